The molecule has 0 unspecified atom stereocenters. The second-order valence-electron chi connectivity index (χ2n) is 7.69. The quantitative estimate of drug-likeness (QED) is 0.388. The van der Waals surface area contributed by atoms with Gasteiger partial charge in [-0.3, -0.25) is 4.79 Å². The summed E-state index contributed by atoms with van der Waals surface area (Å²) in [5, 5.41) is 5.15. The Morgan fingerprint density at radius 1 is 1.00 bits per heavy atom. The van der Waals surface area contributed by atoms with E-state index in [0.29, 0.717) is 22.2 Å². The number of nitrogens with one attached hydrogen (secondary N) is 1. The lowest BCUT2D eigenvalue weighted by molar-refractivity contribution is -0.118. The molecule has 0 aliphatic heterocycles. The van der Waals surface area contributed by atoms with Crippen LogP contribution in [-0.2, 0) is 16.0 Å². The molecule has 168 valence electrons. The molecular weight excluding hydrogens is 422 g/mol. The lowest BCUT2D eigenvalue weighted by Gasteiger charge is -2.11. The normalized spacial score (nSPS) is 10.8. The van der Waals surface area contributed by atoms with Gasteiger partial charge in [0, 0.05) is 10.9 Å². The highest BCUT2D eigenvalue weighted by atomic mass is 32.1. The van der Waals surface area contributed by atoms with Crippen molar-refractivity contribution >= 4 is 28.2 Å². The van der Waals surface area contributed by atoms with Gasteiger partial charge in [0.25, 0.3) is 5.91 Å². The van der Waals surface area contributed by atoms with Crippen molar-refractivity contribution in [2.75, 3.05) is 18.5 Å². The first-order valence-corrected chi connectivity index (χ1v) is 11.7. The van der Waals surface area contributed by atoms with Crippen LogP contribution in [-0.4, -0.2) is 25.1 Å². The maximum atomic E-state index is 12.7. The van der Waals surface area contributed by atoms with E-state index in [1.165, 1.54) is 22.5 Å². The van der Waals surface area contributed by atoms with Gasteiger partial charge in [0.1, 0.15) is 16.3 Å². The molecule has 0 spiro atoms. The Balaban J connectivity index is 1.75. The van der Waals surface area contributed by atoms with Crippen LogP contribution in [0.25, 0.3) is 11.1 Å². The molecule has 6 heteroatoms. The van der Waals surface area contributed by atoms with Gasteiger partial charge in [-0.1, -0.05) is 57.2 Å². The van der Waals surface area contributed by atoms with Gasteiger partial charge in [0.15, 0.2) is 6.61 Å². The number of carbonyl (C=O) groups is 2. The molecule has 0 bridgehead atoms. The molecule has 0 atom stereocenters. The number of aryl methyl sites for hydroxylation is 1. The van der Waals surface area contributed by atoms with Crippen LogP contribution in [0.4, 0.5) is 5.00 Å². The third-order valence-electron chi connectivity index (χ3n) is 5.11. The van der Waals surface area contributed by atoms with E-state index in [2.05, 4.69) is 26.1 Å². The summed E-state index contributed by atoms with van der Waals surface area (Å²) in [5.74, 6) is 0.264. The van der Waals surface area contributed by atoms with Crippen molar-refractivity contribution in [3.8, 4) is 16.9 Å². The Kier molecular flexibility index (Phi) is 8.06. The monoisotopic (exact) mass is 451 g/mol. The number of rotatable bonds is 9. The number of ether oxygens (including phenoxy) is 2. The van der Waals surface area contributed by atoms with Gasteiger partial charge in [0.2, 0.25) is 0 Å². The number of thiophene rings is 1. The SMILES string of the molecule is CCOC(=O)c1c(-c2ccc(CC)cc2)csc1NC(=O)COc1ccc(C(C)C)cc1. The van der Waals surface area contributed by atoms with Crippen LogP contribution in [0, 0.1) is 0 Å². The number of carbonyl (C=O) groups excluding carboxylic acids is 2. The van der Waals surface area contributed by atoms with Gasteiger partial charge in [-0.05, 0) is 48.1 Å². The van der Waals surface area contributed by atoms with E-state index in [4.69, 9.17) is 9.47 Å². The highest BCUT2D eigenvalue weighted by Crippen LogP contribution is 2.36. The van der Waals surface area contributed by atoms with Gasteiger partial charge < -0.3 is 14.8 Å². The van der Waals surface area contributed by atoms with Crippen molar-refractivity contribution in [3.63, 3.8) is 0 Å². The first kappa shape index (κ1) is 23.5. The smallest absolute Gasteiger partial charge is 0.341 e. The fourth-order valence-corrected chi connectivity index (χ4v) is 4.22. The van der Waals surface area contributed by atoms with Crippen molar-refractivity contribution in [1.29, 1.82) is 0 Å². The Morgan fingerprint density at radius 3 is 2.28 bits per heavy atom. The van der Waals surface area contributed by atoms with Gasteiger partial charge >= 0.3 is 5.97 Å². The zero-order valence-corrected chi connectivity index (χ0v) is 19.8. The number of amides is 1. The van der Waals surface area contributed by atoms with Crippen molar-refractivity contribution in [2.45, 2.75) is 40.0 Å². The molecule has 0 saturated heterocycles. The molecule has 0 aliphatic rings. The highest BCUT2D eigenvalue weighted by molar-refractivity contribution is 7.15. The van der Waals surface area contributed by atoms with Gasteiger partial charge in [-0.15, -0.1) is 11.3 Å². The molecule has 3 aromatic rings. The molecule has 1 amide bonds. The Bertz CT molecular complexity index is 1050. The molecule has 0 radical (unpaired) electrons. The second-order valence-corrected chi connectivity index (χ2v) is 8.56. The summed E-state index contributed by atoms with van der Waals surface area (Å²) in [7, 11) is 0. The first-order valence-electron chi connectivity index (χ1n) is 10.8. The van der Waals surface area contributed by atoms with Crippen LogP contribution in [0.15, 0.2) is 53.9 Å². The number of anilines is 1. The molecule has 32 heavy (non-hydrogen) atoms. The van der Waals surface area contributed by atoms with E-state index >= 15 is 0 Å². The standard InChI is InChI=1S/C26H29NO4S/c1-5-18-7-9-20(10-8-18)22-16-32-25(24(22)26(29)30-6-2)27-23(28)15-31-21-13-11-19(12-14-21)17(3)4/h7-14,16-17H,5-6,15H2,1-4H3,(H,27,28). The lowest BCUT2D eigenvalue weighted by Crippen LogP contribution is -2.21. The minimum Gasteiger partial charge on any atom is -0.484 e. The summed E-state index contributed by atoms with van der Waals surface area (Å²) in [6, 6.07) is 15.7. The minimum absolute atomic E-state index is 0.151. The Morgan fingerprint density at radius 2 is 1.69 bits per heavy atom. The summed E-state index contributed by atoms with van der Waals surface area (Å²) in [5.41, 5.74) is 4.45. The summed E-state index contributed by atoms with van der Waals surface area (Å²) >= 11 is 1.30. The van der Waals surface area contributed by atoms with Crippen LogP contribution < -0.4 is 10.1 Å². The molecule has 5 nitrogen and oxygen atoms in total. The summed E-state index contributed by atoms with van der Waals surface area (Å²) in [6.45, 7) is 8.21. The number of hydrogen-bond acceptors (Lipinski definition) is 5. The predicted octanol–water partition coefficient (Wildman–Crippen LogP) is 6.30. The molecule has 3 rings (SSSR count). The molecule has 0 aliphatic carbocycles. The zero-order valence-electron chi connectivity index (χ0n) is 18.9. The minimum atomic E-state index is -0.455. The number of hydrogen-bond donors (Lipinski definition) is 1. The molecule has 1 aromatic heterocycles. The van der Waals surface area contributed by atoms with Crippen molar-refractivity contribution in [3.05, 3.63) is 70.6 Å². The largest absolute Gasteiger partial charge is 0.484 e. The second kappa shape index (κ2) is 11.0. The molecule has 2 aromatic carbocycles. The fraction of sp³-hybridized carbons (Fsp3) is 0.308. The van der Waals surface area contributed by atoms with E-state index < -0.39 is 5.97 Å². The molecule has 1 heterocycles. The highest BCUT2D eigenvalue weighted by Gasteiger charge is 2.23. The fourth-order valence-electron chi connectivity index (χ4n) is 3.25. The zero-order chi connectivity index (χ0) is 23.1. The Labute approximate surface area is 193 Å². The summed E-state index contributed by atoms with van der Waals surface area (Å²) < 4.78 is 10.9. The molecule has 1 N–H and O–H groups in total. The van der Waals surface area contributed by atoms with Crippen LogP contribution in [0.5, 0.6) is 5.75 Å². The molecule has 0 saturated carbocycles. The van der Waals surface area contributed by atoms with Crippen molar-refractivity contribution in [1.82, 2.24) is 0 Å². The van der Waals surface area contributed by atoms with Crippen molar-refractivity contribution in [2.24, 2.45) is 0 Å². The van der Waals surface area contributed by atoms with Crippen LogP contribution in [0.1, 0.15) is 55.1 Å². The van der Waals surface area contributed by atoms with Gasteiger partial charge in [-0.2, -0.15) is 0 Å². The molecular formula is C26H29NO4S. The summed E-state index contributed by atoms with van der Waals surface area (Å²) in [6.07, 6.45) is 0.941. The predicted molar refractivity (Wildman–Crippen MR) is 130 cm³/mol. The van der Waals surface area contributed by atoms with Gasteiger partial charge in [0.05, 0.1) is 6.61 Å². The van der Waals surface area contributed by atoms with E-state index in [1.807, 2.05) is 53.9 Å². The maximum Gasteiger partial charge on any atom is 0.341 e. The summed E-state index contributed by atoms with van der Waals surface area (Å²) in [4.78, 5) is 25.2. The van der Waals surface area contributed by atoms with Crippen LogP contribution in [0.3, 0.4) is 0 Å². The third-order valence-corrected chi connectivity index (χ3v) is 6.01. The van der Waals surface area contributed by atoms with E-state index in [9.17, 15) is 9.59 Å². The third kappa shape index (κ3) is 5.77. The average Bonchev–Trinajstić information content (AvgIpc) is 3.21. The van der Waals surface area contributed by atoms with Crippen LogP contribution in [0.2, 0.25) is 0 Å². The first-order chi connectivity index (χ1) is 15.4. The van der Waals surface area contributed by atoms with E-state index in [0.717, 1.165) is 17.5 Å². The van der Waals surface area contributed by atoms with Gasteiger partial charge in [-0.25, -0.2) is 4.79 Å². The van der Waals surface area contributed by atoms with Crippen LogP contribution >= 0.6 is 11.3 Å². The number of benzene rings is 2. The topological polar surface area (TPSA) is 64.6 Å². The number of esters is 1. The van der Waals surface area contributed by atoms with Crippen molar-refractivity contribution < 1.29 is 19.1 Å². The lowest BCUT2D eigenvalue weighted by atomic mass is 10.0. The maximum absolute atomic E-state index is 12.7. The molecule has 0 fully saturated rings. The Hall–Kier alpha value is -3.12. The average molecular weight is 452 g/mol. The van der Waals surface area contributed by atoms with E-state index in [-0.39, 0.29) is 19.1 Å². The van der Waals surface area contributed by atoms with E-state index in [1.54, 1.807) is 6.92 Å².